The maximum absolute atomic E-state index is 5.47. The van der Waals surface area contributed by atoms with Gasteiger partial charge in [-0.15, -0.1) is 0 Å². The average Bonchev–Trinajstić information content (AvgIpc) is 2.77. The number of hydrogen-bond acceptors (Lipinski definition) is 6. The Balaban J connectivity index is 1.65. The molecule has 0 bridgehead atoms. The molecule has 2 aromatic heterocycles. The standard InChI is InChI=1S/C22H25N3O3/c1-26-17-7-10-25(11-8-17)21-5-4-16(14-24-21)22-18-13-20(28-3)19(27-2)12-15(18)6-9-23-22/h4-6,9,12-14,17H,7-8,10-11H2,1-3H3. The molecule has 1 aromatic carbocycles. The second kappa shape index (κ2) is 8.02. The van der Waals surface area contributed by atoms with Gasteiger partial charge in [-0.3, -0.25) is 4.98 Å². The topological polar surface area (TPSA) is 56.7 Å². The van der Waals surface area contributed by atoms with E-state index in [2.05, 4.69) is 22.0 Å². The first-order valence-electron chi connectivity index (χ1n) is 9.48. The number of methoxy groups -OCH3 is 3. The number of benzene rings is 1. The van der Waals surface area contributed by atoms with Crippen LogP contribution >= 0.6 is 0 Å². The van der Waals surface area contributed by atoms with E-state index < -0.39 is 0 Å². The van der Waals surface area contributed by atoms with Crippen LogP contribution in [0.1, 0.15) is 12.8 Å². The zero-order valence-corrected chi connectivity index (χ0v) is 16.5. The van der Waals surface area contributed by atoms with Crippen molar-refractivity contribution in [1.29, 1.82) is 0 Å². The van der Waals surface area contributed by atoms with Crippen LogP contribution in [0.4, 0.5) is 5.82 Å². The molecule has 0 unspecified atom stereocenters. The average molecular weight is 379 g/mol. The van der Waals surface area contributed by atoms with Gasteiger partial charge >= 0.3 is 0 Å². The Hall–Kier alpha value is -2.86. The number of hydrogen-bond donors (Lipinski definition) is 0. The third-order valence-electron chi connectivity index (χ3n) is 5.39. The van der Waals surface area contributed by atoms with Gasteiger partial charge in [0.25, 0.3) is 0 Å². The number of ether oxygens (including phenoxy) is 3. The van der Waals surface area contributed by atoms with Gasteiger partial charge in [-0.25, -0.2) is 4.98 Å². The fourth-order valence-corrected chi connectivity index (χ4v) is 3.76. The monoisotopic (exact) mass is 379 g/mol. The van der Waals surface area contributed by atoms with Gasteiger partial charge in [0.1, 0.15) is 5.82 Å². The van der Waals surface area contributed by atoms with Crippen molar-refractivity contribution >= 4 is 16.6 Å². The summed E-state index contributed by atoms with van der Waals surface area (Å²) in [5, 5.41) is 2.06. The summed E-state index contributed by atoms with van der Waals surface area (Å²) in [5.74, 6) is 2.40. The predicted octanol–water partition coefficient (Wildman–Crippen LogP) is 3.93. The maximum atomic E-state index is 5.47. The first-order chi connectivity index (χ1) is 13.7. The quantitative estimate of drug-likeness (QED) is 0.670. The SMILES string of the molecule is COc1cc2ccnc(-c3ccc(N4CCC(OC)CC4)nc3)c2cc1OC. The van der Waals surface area contributed by atoms with Gasteiger partial charge in [0, 0.05) is 43.5 Å². The van der Waals surface area contributed by atoms with Crippen molar-refractivity contribution in [3.05, 3.63) is 42.7 Å². The summed E-state index contributed by atoms with van der Waals surface area (Å²) in [7, 11) is 5.07. The molecule has 0 saturated carbocycles. The van der Waals surface area contributed by atoms with E-state index >= 15 is 0 Å². The number of aromatic nitrogens is 2. The molecule has 28 heavy (non-hydrogen) atoms. The summed E-state index contributed by atoms with van der Waals surface area (Å²) in [5.41, 5.74) is 1.86. The molecule has 0 aliphatic carbocycles. The second-order valence-electron chi connectivity index (χ2n) is 6.92. The van der Waals surface area contributed by atoms with Crippen LogP contribution in [-0.2, 0) is 4.74 Å². The van der Waals surface area contributed by atoms with Crippen molar-refractivity contribution in [2.24, 2.45) is 0 Å². The molecule has 0 N–H and O–H groups in total. The number of anilines is 1. The number of fused-ring (bicyclic) bond motifs is 1. The van der Waals surface area contributed by atoms with E-state index in [-0.39, 0.29) is 0 Å². The molecule has 146 valence electrons. The molecule has 6 nitrogen and oxygen atoms in total. The van der Waals surface area contributed by atoms with Crippen molar-refractivity contribution in [2.45, 2.75) is 18.9 Å². The van der Waals surface area contributed by atoms with E-state index in [0.717, 1.165) is 53.8 Å². The smallest absolute Gasteiger partial charge is 0.161 e. The predicted molar refractivity (Wildman–Crippen MR) is 110 cm³/mol. The molecule has 3 aromatic rings. The largest absolute Gasteiger partial charge is 0.493 e. The zero-order chi connectivity index (χ0) is 19.5. The van der Waals surface area contributed by atoms with Crippen LogP contribution in [0.15, 0.2) is 42.7 Å². The number of pyridine rings is 2. The normalized spacial score (nSPS) is 15.0. The molecule has 6 heteroatoms. The molecule has 1 aliphatic rings. The molecule has 1 aliphatic heterocycles. The van der Waals surface area contributed by atoms with E-state index in [1.807, 2.05) is 30.6 Å². The Morgan fingerprint density at radius 1 is 0.929 bits per heavy atom. The molecule has 4 rings (SSSR count). The fourth-order valence-electron chi connectivity index (χ4n) is 3.76. The Bertz CT molecular complexity index is 951. The maximum Gasteiger partial charge on any atom is 0.161 e. The Morgan fingerprint density at radius 3 is 2.32 bits per heavy atom. The minimum Gasteiger partial charge on any atom is -0.493 e. The van der Waals surface area contributed by atoms with Gasteiger partial charge in [-0.2, -0.15) is 0 Å². The van der Waals surface area contributed by atoms with Gasteiger partial charge in [0.05, 0.1) is 26.0 Å². The van der Waals surface area contributed by atoms with Crippen LogP contribution in [0.5, 0.6) is 11.5 Å². The van der Waals surface area contributed by atoms with Gasteiger partial charge < -0.3 is 19.1 Å². The van der Waals surface area contributed by atoms with E-state index in [1.54, 1.807) is 21.3 Å². The van der Waals surface area contributed by atoms with Crippen LogP contribution in [0.2, 0.25) is 0 Å². The summed E-state index contributed by atoms with van der Waals surface area (Å²) in [6, 6.07) is 10.1. The highest BCUT2D eigenvalue weighted by Crippen LogP contribution is 2.36. The van der Waals surface area contributed by atoms with Gasteiger partial charge in [0.2, 0.25) is 0 Å². The van der Waals surface area contributed by atoms with Crippen LogP contribution in [-0.4, -0.2) is 50.5 Å². The molecule has 0 atom stereocenters. The molecule has 3 heterocycles. The van der Waals surface area contributed by atoms with Gasteiger partial charge in [0.15, 0.2) is 11.5 Å². The lowest BCUT2D eigenvalue weighted by Crippen LogP contribution is -2.37. The lowest BCUT2D eigenvalue weighted by molar-refractivity contribution is 0.0818. The van der Waals surface area contributed by atoms with Crippen LogP contribution in [0, 0.1) is 0 Å². The van der Waals surface area contributed by atoms with Crippen molar-refractivity contribution in [3.8, 4) is 22.8 Å². The third-order valence-corrected chi connectivity index (χ3v) is 5.39. The Morgan fingerprint density at radius 2 is 1.68 bits per heavy atom. The molecule has 0 radical (unpaired) electrons. The van der Waals surface area contributed by atoms with Crippen LogP contribution < -0.4 is 14.4 Å². The van der Waals surface area contributed by atoms with Crippen molar-refractivity contribution in [1.82, 2.24) is 9.97 Å². The van der Waals surface area contributed by atoms with Crippen LogP contribution in [0.25, 0.3) is 22.0 Å². The lowest BCUT2D eigenvalue weighted by Gasteiger charge is -2.32. The lowest BCUT2D eigenvalue weighted by atomic mass is 10.0. The van der Waals surface area contributed by atoms with E-state index in [0.29, 0.717) is 17.6 Å². The Labute approximate surface area is 165 Å². The summed E-state index contributed by atoms with van der Waals surface area (Å²) in [4.78, 5) is 11.6. The molecular formula is C22H25N3O3. The fraction of sp³-hybridized carbons (Fsp3) is 0.364. The zero-order valence-electron chi connectivity index (χ0n) is 16.5. The van der Waals surface area contributed by atoms with Gasteiger partial charge in [-0.05, 0) is 48.6 Å². The van der Waals surface area contributed by atoms with E-state index in [1.165, 1.54) is 0 Å². The summed E-state index contributed by atoms with van der Waals surface area (Å²) in [6.07, 6.45) is 6.14. The van der Waals surface area contributed by atoms with E-state index in [9.17, 15) is 0 Å². The molecular weight excluding hydrogens is 354 g/mol. The van der Waals surface area contributed by atoms with Crippen molar-refractivity contribution < 1.29 is 14.2 Å². The molecule has 0 spiro atoms. The summed E-state index contributed by atoms with van der Waals surface area (Å²) < 4.78 is 16.3. The number of rotatable bonds is 5. The highest BCUT2D eigenvalue weighted by atomic mass is 16.5. The van der Waals surface area contributed by atoms with Gasteiger partial charge in [-0.1, -0.05) is 0 Å². The second-order valence-corrected chi connectivity index (χ2v) is 6.92. The molecule has 0 amide bonds. The molecule has 1 saturated heterocycles. The van der Waals surface area contributed by atoms with Crippen molar-refractivity contribution in [3.63, 3.8) is 0 Å². The van der Waals surface area contributed by atoms with Crippen molar-refractivity contribution in [2.75, 3.05) is 39.3 Å². The first kappa shape index (κ1) is 18.5. The number of piperidine rings is 1. The minimum atomic E-state index is 0.363. The third kappa shape index (κ3) is 3.47. The number of nitrogens with zero attached hydrogens (tertiary/aromatic N) is 3. The Kier molecular flexibility index (Phi) is 5.30. The summed E-state index contributed by atoms with van der Waals surface area (Å²) >= 11 is 0. The molecule has 1 fully saturated rings. The van der Waals surface area contributed by atoms with Crippen LogP contribution in [0.3, 0.4) is 0 Å². The summed E-state index contributed by atoms with van der Waals surface area (Å²) in [6.45, 7) is 1.93. The first-order valence-corrected chi connectivity index (χ1v) is 9.48. The minimum absolute atomic E-state index is 0.363. The highest BCUT2D eigenvalue weighted by Gasteiger charge is 2.20. The van der Waals surface area contributed by atoms with E-state index in [4.69, 9.17) is 19.2 Å². The highest BCUT2D eigenvalue weighted by molar-refractivity contribution is 5.96.